The second-order valence-electron chi connectivity index (χ2n) is 8.53. The molecule has 180 valence electrons. The van der Waals surface area contributed by atoms with Crippen LogP contribution < -0.4 is 10.1 Å². The molecule has 2 atom stereocenters. The topological polar surface area (TPSA) is 123 Å². The highest BCUT2D eigenvalue weighted by Crippen LogP contribution is 2.38. The number of hydrogen-bond donors (Lipinski definition) is 2. The summed E-state index contributed by atoms with van der Waals surface area (Å²) in [4.78, 5) is 36.0. The van der Waals surface area contributed by atoms with Crippen LogP contribution in [0, 0.1) is 12.8 Å². The summed E-state index contributed by atoms with van der Waals surface area (Å²) in [5.74, 6) is 0.723. The molecule has 0 aliphatic heterocycles. The van der Waals surface area contributed by atoms with Crippen molar-refractivity contribution in [3.8, 4) is 16.9 Å². The third kappa shape index (κ3) is 4.82. The predicted molar refractivity (Wildman–Crippen MR) is 134 cm³/mol. The number of halogens is 1. The number of fused-ring (bicyclic) bond motifs is 1. The van der Waals surface area contributed by atoms with E-state index in [4.69, 9.17) is 21.3 Å². The number of nitrogens with one attached hydrogen (secondary N) is 1. The first-order chi connectivity index (χ1) is 16.9. The fourth-order valence-corrected chi connectivity index (χ4v) is 5.37. The molecule has 0 radical (unpaired) electrons. The van der Waals surface area contributed by atoms with Crippen molar-refractivity contribution in [2.75, 3.05) is 19.0 Å². The van der Waals surface area contributed by atoms with Gasteiger partial charge in [-0.3, -0.25) is 15.1 Å². The number of aliphatic hydroxyl groups excluding tert-OH is 1. The zero-order valence-corrected chi connectivity index (χ0v) is 20.7. The van der Waals surface area contributed by atoms with Gasteiger partial charge in [-0.25, -0.2) is 15.0 Å². The van der Waals surface area contributed by atoms with E-state index >= 15 is 0 Å². The molecule has 2 N–H and O–H groups in total. The van der Waals surface area contributed by atoms with E-state index in [9.17, 15) is 9.90 Å². The molecule has 0 bridgehead atoms. The minimum atomic E-state index is -0.372. The highest BCUT2D eigenvalue weighted by molar-refractivity contribution is 7.21. The number of amides is 1. The number of aliphatic hydroxyl groups is 1. The molecule has 0 aromatic carbocycles. The smallest absolute Gasteiger partial charge is 0.259 e. The van der Waals surface area contributed by atoms with Crippen molar-refractivity contribution in [1.82, 2.24) is 24.9 Å². The fraction of sp³-hybridized carbons (Fsp3) is 0.333. The molecule has 0 unspecified atom stereocenters. The number of aryl methyl sites for hydroxylation is 1. The molecule has 1 aliphatic carbocycles. The van der Waals surface area contributed by atoms with Crippen molar-refractivity contribution >= 4 is 44.5 Å². The van der Waals surface area contributed by atoms with Crippen molar-refractivity contribution in [1.29, 1.82) is 0 Å². The monoisotopic (exact) mass is 510 g/mol. The molecule has 1 amide bonds. The number of methoxy groups -OCH3 is 1. The van der Waals surface area contributed by atoms with Gasteiger partial charge in [0.25, 0.3) is 5.91 Å². The summed E-state index contributed by atoms with van der Waals surface area (Å²) in [6.45, 7) is 2.05. The molecule has 11 heteroatoms. The number of anilines is 1. The Labute approximate surface area is 210 Å². The van der Waals surface area contributed by atoms with Gasteiger partial charge in [-0.1, -0.05) is 22.9 Å². The molecular formula is C24H23ClN6O3S. The average molecular weight is 511 g/mol. The maximum Gasteiger partial charge on any atom is 0.259 e. The van der Waals surface area contributed by atoms with Gasteiger partial charge in [0.2, 0.25) is 0 Å². The summed E-state index contributed by atoms with van der Waals surface area (Å²) < 4.78 is 5.44. The van der Waals surface area contributed by atoms with Crippen LogP contribution in [0.5, 0.6) is 5.75 Å². The Hall–Kier alpha value is -3.21. The standard InChI is InChI=1S/C24H23ClN6O3S/c1-12-5-15(16-7-20(25)27-10-19(16)34-2)17(8-26-12)22(33)31-24-30-21-23(35-24)29-18(9-28-21)14-4-3-13(6-14)11-32/h5,7-10,13-14,32H,3-4,6,11H2,1-2H3,(H,28,30,31,33)/t13-,14+/m0/s1. The number of pyridine rings is 2. The Morgan fingerprint density at radius 1 is 1.17 bits per heavy atom. The number of aromatic nitrogens is 5. The third-order valence-corrected chi connectivity index (χ3v) is 7.27. The second kappa shape index (κ2) is 9.80. The Balaban J connectivity index is 1.43. The molecule has 0 spiro atoms. The summed E-state index contributed by atoms with van der Waals surface area (Å²) in [7, 11) is 1.53. The summed E-state index contributed by atoms with van der Waals surface area (Å²) >= 11 is 7.40. The van der Waals surface area contributed by atoms with Crippen molar-refractivity contribution in [3.63, 3.8) is 0 Å². The van der Waals surface area contributed by atoms with E-state index in [-0.39, 0.29) is 23.6 Å². The molecule has 1 saturated carbocycles. The van der Waals surface area contributed by atoms with E-state index in [1.165, 1.54) is 30.8 Å². The van der Waals surface area contributed by atoms with Gasteiger partial charge in [-0.15, -0.1) is 0 Å². The molecule has 4 aromatic rings. The van der Waals surface area contributed by atoms with Crippen LogP contribution in [-0.4, -0.2) is 49.7 Å². The number of hydrogen-bond acceptors (Lipinski definition) is 9. The van der Waals surface area contributed by atoms with Crippen LogP contribution in [0.4, 0.5) is 5.13 Å². The lowest BCUT2D eigenvalue weighted by Crippen LogP contribution is -2.14. The van der Waals surface area contributed by atoms with Gasteiger partial charge in [0.05, 0.1) is 30.8 Å². The number of thiazole rings is 1. The second-order valence-corrected chi connectivity index (χ2v) is 9.90. The van der Waals surface area contributed by atoms with E-state index in [0.717, 1.165) is 30.7 Å². The minimum Gasteiger partial charge on any atom is -0.494 e. The van der Waals surface area contributed by atoms with Crippen LogP contribution in [0.1, 0.15) is 46.9 Å². The van der Waals surface area contributed by atoms with Crippen molar-refractivity contribution in [2.45, 2.75) is 32.1 Å². The van der Waals surface area contributed by atoms with Gasteiger partial charge >= 0.3 is 0 Å². The summed E-state index contributed by atoms with van der Waals surface area (Å²) in [6, 6.07) is 3.46. The molecule has 0 saturated heterocycles. The summed E-state index contributed by atoms with van der Waals surface area (Å²) in [5.41, 5.74) is 3.73. The highest BCUT2D eigenvalue weighted by atomic mass is 35.5. The zero-order valence-electron chi connectivity index (χ0n) is 19.2. The lowest BCUT2D eigenvalue weighted by atomic mass is 10.0. The number of carbonyl (C=O) groups is 1. The van der Waals surface area contributed by atoms with Gasteiger partial charge < -0.3 is 9.84 Å². The number of rotatable bonds is 6. The lowest BCUT2D eigenvalue weighted by Gasteiger charge is -2.13. The molecule has 9 nitrogen and oxygen atoms in total. The van der Waals surface area contributed by atoms with Gasteiger partial charge in [0.15, 0.2) is 15.6 Å². The van der Waals surface area contributed by atoms with Gasteiger partial charge in [-0.05, 0) is 44.2 Å². The SMILES string of the molecule is COc1cnc(Cl)cc1-c1cc(C)ncc1C(=O)Nc1nc2ncc([C@@H]3CC[C@H](CO)C3)nc2s1. The minimum absolute atomic E-state index is 0.205. The van der Waals surface area contributed by atoms with Crippen LogP contribution in [-0.2, 0) is 0 Å². The Bertz CT molecular complexity index is 1410. The fourth-order valence-electron chi connectivity index (χ4n) is 4.41. The number of carbonyl (C=O) groups excluding carboxylic acids is 1. The zero-order chi connectivity index (χ0) is 24.5. The normalized spacial score (nSPS) is 17.6. The van der Waals surface area contributed by atoms with E-state index in [1.807, 2.05) is 6.92 Å². The largest absolute Gasteiger partial charge is 0.494 e. The molecule has 1 fully saturated rings. The number of ether oxygens (including phenoxy) is 1. The molecule has 35 heavy (non-hydrogen) atoms. The van der Waals surface area contributed by atoms with E-state index in [0.29, 0.717) is 44.0 Å². The van der Waals surface area contributed by atoms with Crippen molar-refractivity contribution in [3.05, 3.63) is 52.8 Å². The van der Waals surface area contributed by atoms with E-state index in [1.54, 1.807) is 18.3 Å². The van der Waals surface area contributed by atoms with E-state index in [2.05, 4.69) is 25.3 Å². The van der Waals surface area contributed by atoms with E-state index < -0.39 is 0 Å². The Kier molecular flexibility index (Phi) is 6.59. The molecular weight excluding hydrogens is 488 g/mol. The van der Waals surface area contributed by atoms with Crippen LogP contribution in [0.3, 0.4) is 0 Å². The molecule has 5 rings (SSSR count). The quantitative estimate of drug-likeness (QED) is 0.359. The highest BCUT2D eigenvalue weighted by Gasteiger charge is 2.27. The summed E-state index contributed by atoms with van der Waals surface area (Å²) in [6.07, 6.45) is 7.67. The lowest BCUT2D eigenvalue weighted by molar-refractivity contribution is 0.102. The van der Waals surface area contributed by atoms with Crippen LogP contribution in [0.15, 0.2) is 30.7 Å². The maximum absolute atomic E-state index is 13.3. The molecule has 4 heterocycles. The van der Waals surface area contributed by atoms with Crippen LogP contribution in [0.25, 0.3) is 21.6 Å². The first-order valence-electron chi connectivity index (χ1n) is 11.2. The maximum atomic E-state index is 13.3. The van der Waals surface area contributed by atoms with Crippen molar-refractivity contribution < 1.29 is 14.6 Å². The predicted octanol–water partition coefficient (Wildman–Crippen LogP) is 4.64. The first kappa shape index (κ1) is 23.5. The third-order valence-electron chi connectivity index (χ3n) is 6.21. The Morgan fingerprint density at radius 3 is 2.80 bits per heavy atom. The summed E-state index contributed by atoms with van der Waals surface area (Å²) in [5, 5.41) is 13.0. The van der Waals surface area contributed by atoms with Gasteiger partial charge in [-0.2, -0.15) is 4.98 Å². The Morgan fingerprint density at radius 2 is 2.03 bits per heavy atom. The van der Waals surface area contributed by atoms with Crippen LogP contribution >= 0.6 is 22.9 Å². The van der Waals surface area contributed by atoms with Crippen LogP contribution in [0.2, 0.25) is 5.15 Å². The average Bonchev–Trinajstić information content (AvgIpc) is 3.50. The first-order valence-corrected chi connectivity index (χ1v) is 12.4. The molecule has 1 aliphatic rings. The van der Waals surface area contributed by atoms with Crippen molar-refractivity contribution in [2.24, 2.45) is 5.92 Å². The van der Waals surface area contributed by atoms with Gasteiger partial charge in [0, 0.05) is 35.5 Å². The van der Waals surface area contributed by atoms with Gasteiger partial charge in [0.1, 0.15) is 10.9 Å². The molecule has 4 aromatic heterocycles. The number of nitrogens with zero attached hydrogens (tertiary/aromatic N) is 5.